The van der Waals surface area contributed by atoms with Crippen molar-refractivity contribution >= 4 is 27.5 Å². The van der Waals surface area contributed by atoms with Crippen LogP contribution in [0, 0.1) is 20.8 Å². The summed E-state index contributed by atoms with van der Waals surface area (Å²) in [6.45, 7) is 5.69. The molecule has 3 aromatic rings. The first-order valence-electron chi connectivity index (χ1n) is 15.1. The van der Waals surface area contributed by atoms with Crippen molar-refractivity contribution in [3.63, 3.8) is 0 Å². The lowest BCUT2D eigenvalue weighted by molar-refractivity contribution is -0.128. The molecule has 1 fully saturated rings. The van der Waals surface area contributed by atoms with Gasteiger partial charge < -0.3 is 15.0 Å². The van der Waals surface area contributed by atoms with Crippen LogP contribution in [0.1, 0.15) is 54.4 Å². The molecule has 8 nitrogen and oxygen atoms in total. The fourth-order valence-corrected chi connectivity index (χ4v) is 8.43. The molecule has 1 N–H and O–H groups in total. The van der Waals surface area contributed by atoms with Gasteiger partial charge in [0.05, 0.1) is 23.7 Å². The van der Waals surface area contributed by atoms with Gasteiger partial charge in [0.25, 0.3) is 5.91 Å². The number of amides is 2. The Labute approximate surface area is 255 Å². The van der Waals surface area contributed by atoms with Crippen LogP contribution in [0.4, 0.5) is 5.69 Å². The smallest absolute Gasteiger partial charge is 0.262 e. The van der Waals surface area contributed by atoms with Gasteiger partial charge in [-0.2, -0.15) is 4.31 Å². The third-order valence-corrected chi connectivity index (χ3v) is 10.6. The number of nitrogens with zero attached hydrogens (tertiary/aromatic N) is 2. The molecule has 5 rings (SSSR count). The number of anilines is 1. The maximum absolute atomic E-state index is 14.3. The lowest BCUT2D eigenvalue weighted by Gasteiger charge is -2.37. The molecule has 1 aliphatic heterocycles. The highest BCUT2D eigenvalue weighted by atomic mass is 32.2. The van der Waals surface area contributed by atoms with E-state index in [0.29, 0.717) is 48.4 Å². The van der Waals surface area contributed by atoms with Gasteiger partial charge in [-0.25, -0.2) is 8.42 Å². The van der Waals surface area contributed by atoms with E-state index in [1.807, 2.05) is 63.2 Å². The average molecular weight is 604 g/mol. The Morgan fingerprint density at radius 2 is 1.58 bits per heavy atom. The summed E-state index contributed by atoms with van der Waals surface area (Å²) < 4.78 is 36.1. The van der Waals surface area contributed by atoms with Crippen LogP contribution < -0.4 is 15.0 Å². The van der Waals surface area contributed by atoms with Crippen molar-refractivity contribution in [3.05, 3.63) is 89.0 Å². The zero-order valence-corrected chi connectivity index (χ0v) is 26.0. The molecule has 1 heterocycles. The first-order valence-corrected chi connectivity index (χ1v) is 16.6. The molecule has 0 spiro atoms. The van der Waals surface area contributed by atoms with Gasteiger partial charge in [0, 0.05) is 12.6 Å². The van der Waals surface area contributed by atoms with Crippen LogP contribution in [0.2, 0.25) is 0 Å². The summed E-state index contributed by atoms with van der Waals surface area (Å²) in [4.78, 5) is 29.1. The molecule has 0 radical (unpaired) electrons. The van der Waals surface area contributed by atoms with E-state index in [-0.39, 0.29) is 35.8 Å². The Morgan fingerprint density at radius 3 is 2.28 bits per heavy atom. The van der Waals surface area contributed by atoms with E-state index in [2.05, 4.69) is 5.32 Å². The van der Waals surface area contributed by atoms with Gasteiger partial charge >= 0.3 is 0 Å². The summed E-state index contributed by atoms with van der Waals surface area (Å²) in [7, 11) is -3.98. The number of benzene rings is 3. The Morgan fingerprint density at radius 1 is 0.930 bits per heavy atom. The zero-order valence-electron chi connectivity index (χ0n) is 25.2. The van der Waals surface area contributed by atoms with Gasteiger partial charge in [-0.3, -0.25) is 9.59 Å². The van der Waals surface area contributed by atoms with Crippen molar-refractivity contribution in [2.24, 2.45) is 0 Å². The molecule has 1 aliphatic carbocycles. The third kappa shape index (κ3) is 6.94. The second-order valence-corrected chi connectivity index (χ2v) is 13.5. The van der Waals surface area contributed by atoms with Gasteiger partial charge in [0.2, 0.25) is 15.9 Å². The number of sulfonamides is 1. The molecule has 2 aliphatic rings. The average Bonchev–Trinajstić information content (AvgIpc) is 2.99. The van der Waals surface area contributed by atoms with E-state index in [1.165, 1.54) is 9.21 Å². The van der Waals surface area contributed by atoms with E-state index >= 15 is 0 Å². The van der Waals surface area contributed by atoms with Gasteiger partial charge in [0.15, 0.2) is 6.10 Å². The highest BCUT2D eigenvalue weighted by Gasteiger charge is 2.39. The summed E-state index contributed by atoms with van der Waals surface area (Å²) in [6, 6.07) is 20.5. The monoisotopic (exact) mass is 603 g/mol. The molecular formula is C34H41N3O5S. The summed E-state index contributed by atoms with van der Waals surface area (Å²) in [5, 5.41) is 2.94. The van der Waals surface area contributed by atoms with Crippen molar-refractivity contribution in [1.29, 1.82) is 0 Å². The number of aryl methyl sites for hydroxylation is 3. The Hall–Kier alpha value is -3.69. The molecule has 9 heteroatoms. The number of nitrogens with one attached hydrogen (secondary N) is 1. The lowest BCUT2D eigenvalue weighted by Crippen LogP contribution is -2.54. The first kappa shape index (κ1) is 30.8. The van der Waals surface area contributed by atoms with Crippen LogP contribution in [0.5, 0.6) is 5.75 Å². The second-order valence-electron chi connectivity index (χ2n) is 11.7. The van der Waals surface area contributed by atoms with E-state index in [1.54, 1.807) is 24.3 Å². The highest BCUT2D eigenvalue weighted by Crippen LogP contribution is 2.35. The van der Waals surface area contributed by atoms with Crippen LogP contribution in [-0.2, 0) is 26.0 Å². The molecule has 228 valence electrons. The van der Waals surface area contributed by atoms with Crippen LogP contribution in [0.15, 0.2) is 71.6 Å². The van der Waals surface area contributed by atoms with E-state index in [0.717, 1.165) is 30.4 Å². The molecule has 2 amide bonds. The molecule has 1 atom stereocenters. The molecule has 0 bridgehead atoms. The lowest BCUT2D eigenvalue weighted by atomic mass is 9.95. The third-order valence-electron chi connectivity index (χ3n) is 8.37. The zero-order chi connectivity index (χ0) is 30.6. The highest BCUT2D eigenvalue weighted by molar-refractivity contribution is 7.89. The van der Waals surface area contributed by atoms with Crippen molar-refractivity contribution in [2.45, 2.75) is 76.3 Å². The van der Waals surface area contributed by atoms with Crippen LogP contribution in [0.3, 0.4) is 0 Å². The number of ether oxygens (including phenoxy) is 1. The minimum Gasteiger partial charge on any atom is -0.477 e. The largest absolute Gasteiger partial charge is 0.477 e. The van der Waals surface area contributed by atoms with Crippen LogP contribution >= 0.6 is 0 Å². The summed E-state index contributed by atoms with van der Waals surface area (Å²) in [5.41, 5.74) is 3.98. The number of hydrogen-bond donors (Lipinski definition) is 1. The number of carbonyl (C=O) groups is 2. The Kier molecular flexibility index (Phi) is 9.52. The summed E-state index contributed by atoms with van der Waals surface area (Å²) >= 11 is 0. The number of para-hydroxylation sites is 2. The SMILES string of the molecule is Cc1cc(C)c(S(=O)(=O)N(CC(=O)N2CC(C(=O)NCCc3ccccc3)Oc3ccccc32)C2CCCCC2)c(C)c1. The maximum Gasteiger partial charge on any atom is 0.262 e. The minimum absolute atomic E-state index is 0.00580. The molecule has 0 saturated heterocycles. The molecule has 1 saturated carbocycles. The molecular weight excluding hydrogens is 562 g/mol. The van der Waals surface area contributed by atoms with Crippen LogP contribution in [0.25, 0.3) is 0 Å². The number of carbonyl (C=O) groups excluding carboxylic acids is 2. The van der Waals surface area contributed by atoms with Gasteiger partial charge in [-0.1, -0.05) is 79.4 Å². The predicted octanol–water partition coefficient (Wildman–Crippen LogP) is 5.09. The predicted molar refractivity (Wildman–Crippen MR) is 168 cm³/mol. The Balaban J connectivity index is 1.39. The van der Waals surface area contributed by atoms with E-state index in [4.69, 9.17) is 4.74 Å². The van der Waals surface area contributed by atoms with Crippen LogP contribution in [-0.4, -0.2) is 56.3 Å². The van der Waals surface area contributed by atoms with Gasteiger partial charge in [0.1, 0.15) is 5.75 Å². The van der Waals surface area contributed by atoms with Crippen molar-refractivity contribution < 1.29 is 22.7 Å². The molecule has 1 unspecified atom stereocenters. The quantitative estimate of drug-likeness (QED) is 0.368. The van der Waals surface area contributed by atoms with Gasteiger partial charge in [-0.05, 0) is 68.9 Å². The number of rotatable bonds is 9. The normalized spacial score (nSPS) is 17.3. The van der Waals surface area contributed by atoms with Gasteiger partial charge in [-0.15, -0.1) is 0 Å². The molecule has 0 aromatic heterocycles. The molecule has 43 heavy (non-hydrogen) atoms. The Bertz CT molecular complexity index is 1540. The first-order chi connectivity index (χ1) is 20.6. The molecule has 3 aromatic carbocycles. The fourth-order valence-electron chi connectivity index (χ4n) is 6.38. The minimum atomic E-state index is -3.98. The van der Waals surface area contributed by atoms with Crippen molar-refractivity contribution in [2.75, 3.05) is 24.5 Å². The van der Waals surface area contributed by atoms with E-state index < -0.39 is 16.1 Å². The maximum atomic E-state index is 14.3. The number of fused-ring (bicyclic) bond motifs is 1. The van der Waals surface area contributed by atoms with Crippen molar-refractivity contribution in [1.82, 2.24) is 9.62 Å². The summed E-state index contributed by atoms with van der Waals surface area (Å²) in [5.74, 6) is -0.275. The topological polar surface area (TPSA) is 96.0 Å². The summed E-state index contributed by atoms with van der Waals surface area (Å²) in [6.07, 6.45) is 4.07. The van der Waals surface area contributed by atoms with E-state index in [9.17, 15) is 18.0 Å². The second kappa shape index (κ2) is 13.3. The standard InChI is InChI=1S/C34H41N3O5S/c1-24-20-25(2)33(26(3)21-24)43(40,41)37(28-14-8-5-9-15-28)23-32(38)36-22-31(42-30-17-11-10-16-29(30)36)34(39)35-19-18-27-12-6-4-7-13-27/h4,6-7,10-13,16-17,20-21,28,31H,5,8-9,14-15,18-19,22-23H2,1-3H3,(H,35,39). The fraction of sp³-hybridized carbons (Fsp3) is 0.412. The number of hydrogen-bond acceptors (Lipinski definition) is 5. The van der Waals surface area contributed by atoms with Crippen molar-refractivity contribution in [3.8, 4) is 5.75 Å².